The first-order valence-electron chi connectivity index (χ1n) is 8.31. The first-order valence-corrected chi connectivity index (χ1v) is 8.31. The van der Waals surface area contributed by atoms with Gasteiger partial charge in [0.05, 0.1) is 0 Å². The van der Waals surface area contributed by atoms with Crippen LogP contribution in [0.1, 0.15) is 54.9 Å². The minimum absolute atomic E-state index is 0.00191. The zero-order chi connectivity index (χ0) is 16.3. The van der Waals surface area contributed by atoms with Crippen LogP contribution in [0.4, 0.5) is 0 Å². The Labute approximate surface area is 129 Å². The molecule has 1 aliphatic heterocycles. The lowest BCUT2D eigenvalue weighted by molar-refractivity contribution is -0.152. The number of nitrogens with zero attached hydrogens (tertiary/aromatic N) is 1. The highest BCUT2D eigenvalue weighted by atomic mass is 16.2. The Hall–Kier alpha value is -1.06. The molecule has 1 saturated heterocycles. The first-order chi connectivity index (χ1) is 9.70. The van der Waals surface area contributed by atoms with Crippen molar-refractivity contribution in [3.05, 3.63) is 0 Å². The third-order valence-corrected chi connectivity index (χ3v) is 4.70. The maximum atomic E-state index is 12.8. The zero-order valence-corrected chi connectivity index (χ0v) is 14.6. The van der Waals surface area contributed by atoms with Gasteiger partial charge >= 0.3 is 0 Å². The highest BCUT2D eigenvalue weighted by molar-refractivity contribution is 5.97. The number of piperazine rings is 1. The van der Waals surface area contributed by atoms with Gasteiger partial charge < -0.3 is 10.2 Å². The van der Waals surface area contributed by atoms with Crippen molar-refractivity contribution in [3.8, 4) is 0 Å². The van der Waals surface area contributed by atoms with Crippen LogP contribution >= 0.6 is 0 Å². The van der Waals surface area contributed by atoms with E-state index >= 15 is 0 Å². The van der Waals surface area contributed by atoms with Gasteiger partial charge in [0.1, 0.15) is 12.1 Å². The number of nitrogens with one attached hydrogen (secondary N) is 1. The van der Waals surface area contributed by atoms with Crippen LogP contribution in [0.15, 0.2) is 0 Å². The summed E-state index contributed by atoms with van der Waals surface area (Å²) in [6.07, 6.45) is 0.672. The van der Waals surface area contributed by atoms with Crippen LogP contribution in [0, 0.1) is 23.7 Å². The van der Waals surface area contributed by atoms with Crippen molar-refractivity contribution in [2.24, 2.45) is 23.7 Å². The molecule has 1 aliphatic rings. The number of hydrogen-bond donors (Lipinski definition) is 1. The molecule has 2 amide bonds. The fourth-order valence-corrected chi connectivity index (χ4v) is 3.28. The van der Waals surface area contributed by atoms with Gasteiger partial charge in [0.2, 0.25) is 11.8 Å². The molecular formula is C17H32N2O2. The quantitative estimate of drug-likeness (QED) is 0.819. The first kappa shape index (κ1) is 18.0. The molecule has 2 atom stereocenters. The second-order valence-corrected chi connectivity index (χ2v) is 7.30. The monoisotopic (exact) mass is 296 g/mol. The zero-order valence-electron chi connectivity index (χ0n) is 14.6. The van der Waals surface area contributed by atoms with Gasteiger partial charge in [-0.25, -0.2) is 0 Å². The van der Waals surface area contributed by atoms with E-state index in [9.17, 15) is 9.59 Å². The molecule has 1 N–H and O–H groups in total. The molecule has 0 radical (unpaired) electrons. The van der Waals surface area contributed by atoms with Gasteiger partial charge in [-0.05, 0) is 30.1 Å². The summed E-state index contributed by atoms with van der Waals surface area (Å²) in [5.41, 5.74) is 0. The van der Waals surface area contributed by atoms with Crippen molar-refractivity contribution in [2.45, 2.75) is 67.0 Å². The van der Waals surface area contributed by atoms with Crippen molar-refractivity contribution in [1.29, 1.82) is 0 Å². The van der Waals surface area contributed by atoms with Crippen molar-refractivity contribution < 1.29 is 9.59 Å². The molecule has 0 aromatic carbocycles. The standard InChI is InChI=1S/C17H32N2O2/c1-8-14-16(20)18-15(12(6)7)17(21)19(14)9-13(10(2)3)11(4)5/h10-15H,8-9H2,1-7H3,(H,18,20). The molecule has 0 spiro atoms. The summed E-state index contributed by atoms with van der Waals surface area (Å²) in [6, 6.07) is -0.687. The van der Waals surface area contributed by atoms with Crippen molar-refractivity contribution in [3.63, 3.8) is 0 Å². The van der Waals surface area contributed by atoms with E-state index in [1.165, 1.54) is 0 Å². The van der Waals surface area contributed by atoms with Crippen LogP contribution in [0.25, 0.3) is 0 Å². The summed E-state index contributed by atoms with van der Waals surface area (Å²) in [5.74, 6) is 1.63. The molecule has 0 bridgehead atoms. The smallest absolute Gasteiger partial charge is 0.246 e. The molecular weight excluding hydrogens is 264 g/mol. The van der Waals surface area contributed by atoms with E-state index in [4.69, 9.17) is 0 Å². The summed E-state index contributed by atoms with van der Waals surface area (Å²) in [6.45, 7) is 15.4. The highest BCUT2D eigenvalue weighted by Crippen LogP contribution is 2.26. The van der Waals surface area contributed by atoms with Crippen LogP contribution < -0.4 is 5.32 Å². The Kier molecular flexibility index (Phi) is 6.24. The Balaban J connectivity index is 3.02. The fraction of sp³-hybridized carbons (Fsp3) is 0.882. The lowest BCUT2D eigenvalue weighted by atomic mass is 9.84. The molecule has 21 heavy (non-hydrogen) atoms. The lowest BCUT2D eigenvalue weighted by Gasteiger charge is -2.42. The molecule has 1 rings (SSSR count). The van der Waals surface area contributed by atoms with Gasteiger partial charge in [0, 0.05) is 6.54 Å². The Morgan fingerprint density at radius 2 is 1.57 bits per heavy atom. The van der Waals surface area contributed by atoms with Gasteiger partial charge in [0.25, 0.3) is 0 Å². The number of carbonyl (C=O) groups is 2. The van der Waals surface area contributed by atoms with Crippen LogP contribution in [0.3, 0.4) is 0 Å². The Morgan fingerprint density at radius 3 is 1.95 bits per heavy atom. The SMILES string of the molecule is CCC1C(=O)NC(C(C)C)C(=O)N1CC(C(C)C)C(C)C. The van der Waals surface area contributed by atoms with Crippen LogP contribution in [-0.2, 0) is 9.59 Å². The number of rotatable bonds is 6. The van der Waals surface area contributed by atoms with E-state index < -0.39 is 0 Å². The van der Waals surface area contributed by atoms with Crippen molar-refractivity contribution in [2.75, 3.05) is 6.54 Å². The average molecular weight is 296 g/mol. The molecule has 122 valence electrons. The van der Waals surface area contributed by atoms with Gasteiger partial charge in [-0.3, -0.25) is 9.59 Å². The minimum atomic E-state index is -0.375. The number of carbonyl (C=O) groups excluding carboxylic acids is 2. The normalized spacial score (nSPS) is 23.7. The highest BCUT2D eigenvalue weighted by Gasteiger charge is 2.41. The van der Waals surface area contributed by atoms with E-state index in [0.29, 0.717) is 30.7 Å². The summed E-state index contributed by atoms with van der Waals surface area (Å²) >= 11 is 0. The van der Waals surface area contributed by atoms with Crippen LogP contribution in [-0.4, -0.2) is 35.3 Å². The molecule has 2 unspecified atom stereocenters. The topological polar surface area (TPSA) is 49.4 Å². The molecule has 0 saturated carbocycles. The predicted octanol–water partition coefficient (Wildman–Crippen LogP) is 2.68. The van der Waals surface area contributed by atoms with E-state index in [2.05, 4.69) is 33.0 Å². The average Bonchev–Trinajstić information content (AvgIpc) is 2.37. The van der Waals surface area contributed by atoms with Crippen LogP contribution in [0.2, 0.25) is 0 Å². The summed E-state index contributed by atoms with van der Waals surface area (Å²) < 4.78 is 0. The lowest BCUT2D eigenvalue weighted by Crippen LogP contribution is -2.65. The Bertz CT molecular complexity index is 369. The predicted molar refractivity (Wildman–Crippen MR) is 85.7 cm³/mol. The summed E-state index contributed by atoms with van der Waals surface area (Å²) in [4.78, 5) is 26.9. The second kappa shape index (κ2) is 7.28. The van der Waals surface area contributed by atoms with E-state index in [0.717, 1.165) is 0 Å². The maximum Gasteiger partial charge on any atom is 0.246 e. The maximum absolute atomic E-state index is 12.8. The minimum Gasteiger partial charge on any atom is -0.342 e. The third-order valence-electron chi connectivity index (χ3n) is 4.70. The molecule has 0 aliphatic carbocycles. The molecule has 1 fully saturated rings. The number of hydrogen-bond acceptors (Lipinski definition) is 2. The summed E-state index contributed by atoms with van der Waals surface area (Å²) in [5, 5.41) is 2.90. The second-order valence-electron chi connectivity index (χ2n) is 7.30. The summed E-state index contributed by atoms with van der Waals surface area (Å²) in [7, 11) is 0. The molecule has 1 heterocycles. The van der Waals surface area contributed by atoms with Gasteiger partial charge in [-0.1, -0.05) is 48.5 Å². The third kappa shape index (κ3) is 3.98. The van der Waals surface area contributed by atoms with Gasteiger partial charge in [-0.15, -0.1) is 0 Å². The fourth-order valence-electron chi connectivity index (χ4n) is 3.28. The van der Waals surface area contributed by atoms with E-state index in [1.54, 1.807) is 0 Å². The van der Waals surface area contributed by atoms with Crippen LogP contribution in [0.5, 0.6) is 0 Å². The largest absolute Gasteiger partial charge is 0.342 e. The Morgan fingerprint density at radius 1 is 1.05 bits per heavy atom. The molecule has 4 nitrogen and oxygen atoms in total. The number of amides is 2. The molecule has 4 heteroatoms. The van der Waals surface area contributed by atoms with Gasteiger partial charge in [-0.2, -0.15) is 0 Å². The van der Waals surface area contributed by atoms with Crippen molar-refractivity contribution in [1.82, 2.24) is 10.2 Å². The molecule has 0 aromatic rings. The van der Waals surface area contributed by atoms with E-state index in [1.807, 2.05) is 25.7 Å². The van der Waals surface area contributed by atoms with E-state index in [-0.39, 0.29) is 29.8 Å². The van der Waals surface area contributed by atoms with Crippen molar-refractivity contribution >= 4 is 11.8 Å². The molecule has 0 aromatic heterocycles. The van der Waals surface area contributed by atoms with Gasteiger partial charge in [0.15, 0.2) is 0 Å².